The summed E-state index contributed by atoms with van der Waals surface area (Å²) in [4.78, 5) is 12.1. The van der Waals surface area contributed by atoms with E-state index in [2.05, 4.69) is 45.1 Å². The number of carbonyl (C=O) groups is 1. The summed E-state index contributed by atoms with van der Waals surface area (Å²) >= 11 is 0. The molecule has 142 valence electrons. The molecule has 1 fully saturated rings. The summed E-state index contributed by atoms with van der Waals surface area (Å²) in [5.41, 5.74) is 2.22. The first-order valence-electron chi connectivity index (χ1n) is 9.36. The van der Waals surface area contributed by atoms with Gasteiger partial charge in [-0.15, -0.1) is 0 Å². The Morgan fingerprint density at radius 1 is 1.19 bits per heavy atom. The lowest BCUT2D eigenvalue weighted by atomic mass is 9.78. The van der Waals surface area contributed by atoms with Gasteiger partial charge in [-0.2, -0.15) is 0 Å². The van der Waals surface area contributed by atoms with Crippen LogP contribution >= 0.6 is 0 Å². The number of benzene rings is 1. The zero-order valence-corrected chi connectivity index (χ0v) is 16.9. The van der Waals surface area contributed by atoms with Crippen LogP contribution in [-0.2, 0) is 20.5 Å². The number of hydrogen-bond donors (Lipinski definition) is 1. The standard InChI is InChI=1S/C20H30BNO4/c1-18(2,3)24-17(23)22-16-11-8-13-12-14(9-10-15(13)16)21-25-19(4,5)20(6,7)26-21/h9-10,12,16H,8,11H2,1-7H3,(H,22,23)/t16-/m1/s1. The maximum Gasteiger partial charge on any atom is 0.494 e. The zero-order valence-electron chi connectivity index (χ0n) is 16.9. The van der Waals surface area contributed by atoms with E-state index in [0.717, 1.165) is 23.9 Å². The van der Waals surface area contributed by atoms with Crippen molar-refractivity contribution < 1.29 is 18.8 Å². The largest absolute Gasteiger partial charge is 0.494 e. The lowest BCUT2D eigenvalue weighted by molar-refractivity contribution is 0.00578. The van der Waals surface area contributed by atoms with Crippen LogP contribution in [0.15, 0.2) is 18.2 Å². The fourth-order valence-electron chi connectivity index (χ4n) is 3.36. The van der Waals surface area contributed by atoms with Crippen LogP contribution < -0.4 is 10.8 Å². The monoisotopic (exact) mass is 359 g/mol. The Kier molecular flexibility index (Phi) is 4.64. The number of nitrogens with one attached hydrogen (secondary N) is 1. The summed E-state index contributed by atoms with van der Waals surface area (Å²) < 4.78 is 17.7. The van der Waals surface area contributed by atoms with Gasteiger partial charge in [0.1, 0.15) is 5.60 Å². The van der Waals surface area contributed by atoms with Crippen LogP contribution in [0.2, 0.25) is 0 Å². The second-order valence-electron chi connectivity index (χ2n) is 9.28. The van der Waals surface area contributed by atoms with Crippen molar-refractivity contribution in [3.05, 3.63) is 29.3 Å². The fourth-order valence-corrected chi connectivity index (χ4v) is 3.36. The Hall–Kier alpha value is -1.53. The summed E-state index contributed by atoms with van der Waals surface area (Å²) in [7, 11) is -0.358. The maximum absolute atomic E-state index is 12.1. The molecule has 5 nitrogen and oxygen atoms in total. The molecule has 1 amide bonds. The van der Waals surface area contributed by atoms with E-state index in [1.165, 1.54) is 5.56 Å². The molecule has 0 radical (unpaired) electrons. The second kappa shape index (κ2) is 6.27. The van der Waals surface area contributed by atoms with E-state index >= 15 is 0 Å². The highest BCUT2D eigenvalue weighted by molar-refractivity contribution is 6.62. The van der Waals surface area contributed by atoms with Crippen molar-refractivity contribution in [1.82, 2.24) is 5.32 Å². The zero-order chi connectivity index (χ0) is 19.3. The number of carbonyl (C=O) groups excluding carboxylic acids is 1. The molecule has 1 N–H and O–H groups in total. The summed E-state index contributed by atoms with van der Waals surface area (Å²) in [6.45, 7) is 13.8. The number of rotatable bonds is 2. The number of fused-ring (bicyclic) bond motifs is 1. The highest BCUT2D eigenvalue weighted by Crippen LogP contribution is 2.37. The van der Waals surface area contributed by atoms with Gasteiger partial charge in [-0.25, -0.2) is 4.79 Å². The average molecular weight is 359 g/mol. The molecule has 1 aliphatic heterocycles. The summed E-state index contributed by atoms with van der Waals surface area (Å²) in [6, 6.07) is 6.25. The van der Waals surface area contributed by atoms with Crippen LogP contribution in [-0.4, -0.2) is 30.0 Å². The van der Waals surface area contributed by atoms with E-state index < -0.39 is 5.60 Å². The molecule has 0 unspecified atom stereocenters. The third kappa shape index (κ3) is 3.76. The van der Waals surface area contributed by atoms with Crippen molar-refractivity contribution in [2.45, 2.75) is 84.2 Å². The predicted octanol–water partition coefficient (Wildman–Crippen LogP) is 3.50. The van der Waals surface area contributed by atoms with Crippen molar-refractivity contribution in [2.75, 3.05) is 0 Å². The van der Waals surface area contributed by atoms with Gasteiger partial charge in [0.2, 0.25) is 0 Å². The van der Waals surface area contributed by atoms with E-state index in [4.69, 9.17) is 14.0 Å². The number of amides is 1. The van der Waals surface area contributed by atoms with Crippen molar-refractivity contribution in [3.63, 3.8) is 0 Å². The Bertz CT molecular complexity index is 692. The normalized spacial score (nSPS) is 23.7. The molecular weight excluding hydrogens is 329 g/mol. The molecular formula is C20H30BNO4. The van der Waals surface area contributed by atoms with E-state index in [1.807, 2.05) is 26.8 Å². The first-order valence-corrected chi connectivity index (χ1v) is 9.36. The molecule has 26 heavy (non-hydrogen) atoms. The first-order chi connectivity index (χ1) is 11.9. The second-order valence-corrected chi connectivity index (χ2v) is 9.28. The van der Waals surface area contributed by atoms with Gasteiger partial charge in [0.25, 0.3) is 0 Å². The van der Waals surface area contributed by atoms with Crippen LogP contribution in [0.3, 0.4) is 0 Å². The van der Waals surface area contributed by atoms with Crippen LogP contribution in [0.4, 0.5) is 4.79 Å². The highest BCUT2D eigenvalue weighted by atomic mass is 16.7. The Labute approximate surface area is 156 Å². The molecule has 1 aromatic rings. The molecule has 3 rings (SSSR count). The lowest BCUT2D eigenvalue weighted by Gasteiger charge is -2.32. The van der Waals surface area contributed by atoms with Gasteiger partial charge in [-0.3, -0.25) is 0 Å². The maximum atomic E-state index is 12.1. The Morgan fingerprint density at radius 3 is 2.38 bits per heavy atom. The number of hydrogen-bond acceptors (Lipinski definition) is 4. The van der Waals surface area contributed by atoms with Crippen molar-refractivity contribution >= 4 is 18.7 Å². The molecule has 0 bridgehead atoms. The van der Waals surface area contributed by atoms with E-state index in [0.29, 0.717) is 0 Å². The molecule has 1 heterocycles. The minimum absolute atomic E-state index is 0.00723. The SMILES string of the molecule is CC(C)(C)OC(=O)N[C@@H]1CCc2cc(B3OC(C)(C)C(C)(C)O3)ccc21. The fraction of sp³-hybridized carbons (Fsp3) is 0.650. The summed E-state index contributed by atoms with van der Waals surface area (Å²) in [6.07, 6.45) is 1.43. The third-order valence-electron chi connectivity index (χ3n) is 5.46. The van der Waals surface area contributed by atoms with E-state index in [-0.39, 0.29) is 30.5 Å². The van der Waals surface area contributed by atoms with E-state index in [9.17, 15) is 4.79 Å². The molecule has 1 aromatic carbocycles. The molecule has 2 aliphatic rings. The Morgan fingerprint density at radius 2 is 1.81 bits per heavy atom. The number of ether oxygens (including phenoxy) is 1. The van der Waals surface area contributed by atoms with Gasteiger partial charge in [0.15, 0.2) is 0 Å². The van der Waals surface area contributed by atoms with Crippen molar-refractivity contribution in [2.24, 2.45) is 0 Å². The molecule has 1 aliphatic carbocycles. The highest BCUT2D eigenvalue weighted by Gasteiger charge is 2.51. The van der Waals surface area contributed by atoms with Crippen LogP contribution in [0.1, 0.15) is 72.1 Å². The van der Waals surface area contributed by atoms with Crippen LogP contribution in [0.5, 0.6) is 0 Å². The third-order valence-corrected chi connectivity index (χ3v) is 5.46. The minimum atomic E-state index is -0.494. The first kappa shape index (κ1) is 19.2. The number of aryl methyl sites for hydroxylation is 1. The van der Waals surface area contributed by atoms with Crippen molar-refractivity contribution in [1.29, 1.82) is 0 Å². The molecule has 0 spiro atoms. The minimum Gasteiger partial charge on any atom is -0.444 e. The van der Waals surface area contributed by atoms with Gasteiger partial charge in [-0.05, 0) is 77.9 Å². The molecule has 0 saturated carbocycles. The lowest BCUT2D eigenvalue weighted by Crippen LogP contribution is -2.41. The topological polar surface area (TPSA) is 56.8 Å². The van der Waals surface area contributed by atoms with Gasteiger partial charge < -0.3 is 19.4 Å². The summed E-state index contributed by atoms with van der Waals surface area (Å²) in [5.74, 6) is 0. The van der Waals surface area contributed by atoms with Crippen molar-refractivity contribution in [3.8, 4) is 0 Å². The Balaban J connectivity index is 1.72. The van der Waals surface area contributed by atoms with Crippen LogP contribution in [0.25, 0.3) is 0 Å². The van der Waals surface area contributed by atoms with Gasteiger partial charge >= 0.3 is 13.2 Å². The molecule has 1 atom stereocenters. The average Bonchev–Trinajstić information content (AvgIpc) is 2.95. The number of alkyl carbamates (subject to hydrolysis) is 1. The molecule has 6 heteroatoms. The molecule has 0 aromatic heterocycles. The smallest absolute Gasteiger partial charge is 0.444 e. The van der Waals surface area contributed by atoms with Gasteiger partial charge in [0, 0.05) is 0 Å². The predicted molar refractivity (Wildman–Crippen MR) is 103 cm³/mol. The van der Waals surface area contributed by atoms with E-state index in [1.54, 1.807) is 0 Å². The van der Waals surface area contributed by atoms with Gasteiger partial charge in [0.05, 0.1) is 17.2 Å². The van der Waals surface area contributed by atoms with Crippen LogP contribution in [0, 0.1) is 0 Å². The quantitative estimate of drug-likeness (QED) is 0.822. The van der Waals surface area contributed by atoms with Gasteiger partial charge in [-0.1, -0.05) is 18.2 Å². The summed E-state index contributed by atoms with van der Waals surface area (Å²) in [5, 5.41) is 2.98. The molecule has 1 saturated heterocycles.